The Hall–Kier alpha value is 1.75. The maximum absolute atomic E-state index is 5.18. The Morgan fingerprint density at radius 3 is 0.341 bits per heavy atom. The van der Waals surface area contributed by atoms with Gasteiger partial charge in [0, 0.05) is 16.8 Å². The van der Waals surface area contributed by atoms with Gasteiger partial charge in [0.2, 0.25) is 0 Å². The van der Waals surface area contributed by atoms with Crippen molar-refractivity contribution in [3.63, 3.8) is 0 Å². The molecule has 41 heavy (non-hydrogen) atoms. The largest absolute Gasteiger partial charge is 0.397 e. The normalized spacial score (nSPS) is 10.5. The molecule has 17 heteroatoms. The molecule has 0 aliphatic carbocycles. The van der Waals surface area contributed by atoms with Crippen LogP contribution in [0.3, 0.4) is 0 Å². The molecule has 0 aromatic heterocycles. The first-order chi connectivity index (χ1) is 19.4. The molecule has 0 aliphatic rings. The molecule has 0 N–H and O–H groups in total. The van der Waals surface area contributed by atoms with Crippen LogP contribution in [0.4, 0.5) is 0 Å². The topological polar surface area (TPSA) is 111 Å². The average molecular weight is 728 g/mol. The summed E-state index contributed by atoms with van der Waals surface area (Å²) in [5, 5.41) is 0. The molecule has 0 aromatic rings. The Balaban J connectivity index is -0.000000139. The van der Waals surface area contributed by atoms with Gasteiger partial charge in [0.15, 0.2) is 0 Å². The molecule has 0 saturated carbocycles. The summed E-state index contributed by atoms with van der Waals surface area (Å²) in [4.78, 5) is 0. The Labute approximate surface area is 267 Å². The van der Waals surface area contributed by atoms with Gasteiger partial charge in [-0.15, -0.1) is 0 Å². The minimum absolute atomic E-state index is 0. The van der Waals surface area contributed by atoms with Gasteiger partial charge in [0.25, 0.3) is 0 Å². The third kappa shape index (κ3) is 46.3. The fourth-order valence-electron chi connectivity index (χ4n) is 1.91. The Bertz CT molecular complexity index is 302. The molecule has 1 radical (unpaired) electrons. The van der Waals surface area contributed by atoms with Crippen LogP contribution in [0.25, 0.3) is 0 Å². The van der Waals surface area contributed by atoms with Crippen LogP contribution in [0, 0.1) is 0 Å². The molecule has 0 atom stereocenters. The second-order valence-corrected chi connectivity index (χ2v) is 11.7. The standard InChI is InChI=1S/4C6H16O3P.Co/c4*1-4-7-10(8-5-2)9-6-3;/h4*10H,4-6H2,1-3H3;/q4*+1;. The fraction of sp³-hybridized carbons (Fsp3) is 1.00. The molecule has 0 unspecified atom stereocenters. The fourth-order valence-corrected chi connectivity index (χ4v) is 5.74. The molecule has 0 bridgehead atoms. The molecule has 257 valence electrons. The van der Waals surface area contributed by atoms with Crippen molar-refractivity contribution in [2.45, 2.75) is 83.1 Å². The first-order valence-corrected chi connectivity index (χ1v) is 19.3. The molecule has 0 aliphatic heterocycles. The van der Waals surface area contributed by atoms with E-state index in [1.165, 1.54) is 0 Å². The molecule has 0 heterocycles. The summed E-state index contributed by atoms with van der Waals surface area (Å²) >= 11 is 0. The maximum atomic E-state index is 5.18. The van der Waals surface area contributed by atoms with Crippen molar-refractivity contribution in [3.05, 3.63) is 0 Å². The van der Waals surface area contributed by atoms with Gasteiger partial charge in [-0.2, -0.15) is 54.3 Å². The van der Waals surface area contributed by atoms with E-state index in [9.17, 15) is 0 Å². The van der Waals surface area contributed by atoms with Gasteiger partial charge in [-0.1, -0.05) is 0 Å². The smallest absolute Gasteiger partial charge is 0.180 e. The van der Waals surface area contributed by atoms with Crippen molar-refractivity contribution in [2.75, 3.05) is 79.3 Å². The van der Waals surface area contributed by atoms with Crippen molar-refractivity contribution in [2.24, 2.45) is 0 Å². The summed E-state index contributed by atoms with van der Waals surface area (Å²) in [7, 11) is -5.59. The van der Waals surface area contributed by atoms with Crippen molar-refractivity contribution < 1.29 is 71.1 Å². The van der Waals surface area contributed by atoms with Gasteiger partial charge in [0.05, 0.1) is 79.3 Å². The van der Waals surface area contributed by atoms with Gasteiger partial charge in [-0.25, -0.2) is 0 Å². The van der Waals surface area contributed by atoms with Gasteiger partial charge < -0.3 is 0 Å². The summed E-state index contributed by atoms with van der Waals surface area (Å²) < 4.78 is 62.2. The monoisotopic (exact) mass is 727 g/mol. The molecule has 0 fully saturated rings. The first-order valence-electron chi connectivity index (χ1n) is 14.4. The molecular weight excluding hydrogens is 663 g/mol. The molecule has 0 rings (SSSR count). The van der Waals surface area contributed by atoms with Crippen LogP contribution >= 0.6 is 34.4 Å². The second-order valence-electron chi connectivity index (χ2n) is 6.20. The third-order valence-electron chi connectivity index (χ3n) is 3.15. The molecule has 0 saturated heterocycles. The van der Waals surface area contributed by atoms with E-state index < -0.39 is 34.4 Å². The van der Waals surface area contributed by atoms with Crippen LogP contribution < -0.4 is 0 Å². The van der Waals surface area contributed by atoms with Gasteiger partial charge in [-0.3, -0.25) is 0 Å². The Kier molecular flexibility index (Phi) is 62.0. The molecule has 0 aromatic carbocycles. The van der Waals surface area contributed by atoms with E-state index in [1.54, 1.807) is 0 Å². The van der Waals surface area contributed by atoms with E-state index in [4.69, 9.17) is 54.3 Å². The molecule has 12 nitrogen and oxygen atoms in total. The predicted molar refractivity (Wildman–Crippen MR) is 173 cm³/mol. The predicted octanol–water partition coefficient (Wildman–Crippen LogP) is 8.22. The summed E-state index contributed by atoms with van der Waals surface area (Å²) in [5.74, 6) is 0. The second kappa shape index (κ2) is 48.6. The zero-order valence-corrected chi connectivity index (χ0v) is 32.8. The number of rotatable bonds is 24. The summed E-state index contributed by atoms with van der Waals surface area (Å²) in [6.07, 6.45) is 0. The minimum Gasteiger partial charge on any atom is -0.180 e. The molecule has 0 amide bonds. The molecule has 0 spiro atoms. The van der Waals surface area contributed by atoms with E-state index in [0.717, 1.165) is 0 Å². The van der Waals surface area contributed by atoms with E-state index in [1.807, 2.05) is 83.1 Å². The van der Waals surface area contributed by atoms with Crippen LogP contribution in [0.5, 0.6) is 0 Å². The quantitative estimate of drug-likeness (QED) is 0.0894. The van der Waals surface area contributed by atoms with Crippen LogP contribution in [0.2, 0.25) is 0 Å². The van der Waals surface area contributed by atoms with Gasteiger partial charge >= 0.3 is 34.4 Å². The average Bonchev–Trinajstić information content (AvgIpc) is 2.92. The summed E-state index contributed by atoms with van der Waals surface area (Å²) in [6.45, 7) is 31.1. The maximum Gasteiger partial charge on any atom is 0.397 e. The van der Waals surface area contributed by atoms with Crippen molar-refractivity contribution in [1.82, 2.24) is 0 Å². The molecular formula is C24H64CoO12P4+4. The first kappa shape index (κ1) is 52.3. The van der Waals surface area contributed by atoms with E-state index >= 15 is 0 Å². The van der Waals surface area contributed by atoms with E-state index in [2.05, 4.69) is 0 Å². The Morgan fingerprint density at radius 2 is 0.293 bits per heavy atom. The van der Waals surface area contributed by atoms with Crippen LogP contribution in [-0.4, -0.2) is 79.3 Å². The minimum atomic E-state index is -1.40. The van der Waals surface area contributed by atoms with Crippen molar-refractivity contribution in [1.29, 1.82) is 0 Å². The van der Waals surface area contributed by atoms with E-state index in [-0.39, 0.29) is 16.8 Å². The SMILES string of the molecule is CCO[PH+](OCC)OCC.CCO[PH+](OCC)OCC.CCO[PH+](OCC)OCC.CCO[PH+](OCC)OCC.[Co]. The zero-order chi connectivity index (χ0) is 31.3. The van der Waals surface area contributed by atoms with Gasteiger partial charge in [-0.05, 0) is 83.1 Å². The van der Waals surface area contributed by atoms with Crippen LogP contribution in [0.15, 0.2) is 0 Å². The van der Waals surface area contributed by atoms with Crippen LogP contribution in [-0.2, 0) is 71.1 Å². The van der Waals surface area contributed by atoms with Crippen LogP contribution in [0.1, 0.15) is 83.1 Å². The summed E-state index contributed by atoms with van der Waals surface area (Å²) in [6, 6.07) is 0. The number of hydrogen-bond donors (Lipinski definition) is 0. The number of hydrogen-bond acceptors (Lipinski definition) is 12. The zero-order valence-electron chi connectivity index (χ0n) is 27.7. The van der Waals surface area contributed by atoms with Crippen molar-refractivity contribution >= 4 is 34.4 Å². The Morgan fingerprint density at radius 1 is 0.220 bits per heavy atom. The van der Waals surface area contributed by atoms with Gasteiger partial charge in [0.1, 0.15) is 0 Å². The van der Waals surface area contributed by atoms with E-state index in [0.29, 0.717) is 79.3 Å². The summed E-state index contributed by atoms with van der Waals surface area (Å²) in [5.41, 5.74) is 0. The third-order valence-corrected chi connectivity index (χ3v) is 9.44. The van der Waals surface area contributed by atoms with Crippen molar-refractivity contribution in [3.8, 4) is 0 Å².